The lowest BCUT2D eigenvalue weighted by Crippen LogP contribution is -2.45. The fourth-order valence-electron chi connectivity index (χ4n) is 2.25. The second-order valence-electron chi connectivity index (χ2n) is 5.11. The lowest BCUT2D eigenvalue weighted by molar-refractivity contribution is -0.384. The number of hydrogen-bond acceptors (Lipinski definition) is 5. The lowest BCUT2D eigenvalue weighted by Gasteiger charge is -2.32. The highest BCUT2D eigenvalue weighted by Gasteiger charge is 2.18. The Balaban J connectivity index is 1.93. The van der Waals surface area contributed by atoms with Gasteiger partial charge < -0.3 is 10.2 Å². The minimum atomic E-state index is -0.784. The van der Waals surface area contributed by atoms with Gasteiger partial charge in [-0.05, 0) is 13.1 Å². The van der Waals surface area contributed by atoms with Crippen molar-refractivity contribution >= 4 is 23.0 Å². The van der Waals surface area contributed by atoms with E-state index in [1.54, 1.807) is 0 Å². The smallest absolute Gasteiger partial charge is 0.295 e. The average Bonchev–Trinajstić information content (AvgIpc) is 2.44. The summed E-state index contributed by atoms with van der Waals surface area (Å²) in [6, 6.07) is 2.11. The first-order valence-electron chi connectivity index (χ1n) is 6.75. The van der Waals surface area contributed by atoms with Crippen LogP contribution in [-0.2, 0) is 0 Å². The number of hydrogen-bond donors (Lipinski definition) is 1. The Bertz CT molecular complexity index is 521. The first-order chi connectivity index (χ1) is 9.97. The minimum Gasteiger partial charge on any atom is -0.378 e. The molecule has 0 atom stereocenters. The molecule has 0 radical (unpaired) electrons. The third kappa shape index (κ3) is 4.26. The molecule has 1 aromatic carbocycles. The molecule has 1 aliphatic heterocycles. The van der Waals surface area contributed by atoms with Gasteiger partial charge in [-0.1, -0.05) is 11.6 Å². The molecule has 116 valence electrons. The summed E-state index contributed by atoms with van der Waals surface area (Å²) in [5, 5.41) is 13.8. The highest BCUT2D eigenvalue weighted by Crippen LogP contribution is 2.30. The zero-order valence-electron chi connectivity index (χ0n) is 11.8. The molecule has 6 nitrogen and oxygen atoms in total. The van der Waals surface area contributed by atoms with E-state index < -0.39 is 10.7 Å². The third-order valence-electron chi connectivity index (χ3n) is 3.57. The summed E-state index contributed by atoms with van der Waals surface area (Å²) in [6.07, 6.45) is 0. The van der Waals surface area contributed by atoms with Crippen LogP contribution in [0.3, 0.4) is 0 Å². The molecular weight excluding hydrogens is 299 g/mol. The quantitative estimate of drug-likeness (QED) is 0.665. The van der Waals surface area contributed by atoms with Gasteiger partial charge in [0.05, 0.1) is 16.0 Å². The molecule has 1 aromatic rings. The van der Waals surface area contributed by atoms with Gasteiger partial charge in [-0.15, -0.1) is 0 Å². The van der Waals surface area contributed by atoms with Crippen molar-refractivity contribution < 1.29 is 9.31 Å². The van der Waals surface area contributed by atoms with Gasteiger partial charge in [-0.3, -0.25) is 15.0 Å². The molecule has 0 bridgehead atoms. The summed E-state index contributed by atoms with van der Waals surface area (Å²) >= 11 is 5.68. The summed E-state index contributed by atoms with van der Waals surface area (Å²) < 4.78 is 13.3. The molecule has 1 heterocycles. The number of nitro groups is 1. The molecule has 1 aliphatic rings. The van der Waals surface area contributed by atoms with Gasteiger partial charge in [0.2, 0.25) is 0 Å². The van der Waals surface area contributed by atoms with E-state index in [-0.39, 0.29) is 16.4 Å². The Morgan fingerprint density at radius 3 is 2.67 bits per heavy atom. The Hall–Kier alpha value is -1.44. The van der Waals surface area contributed by atoms with Crippen LogP contribution in [0.15, 0.2) is 12.1 Å². The fraction of sp³-hybridized carbons (Fsp3) is 0.538. The first kappa shape index (κ1) is 15.9. The van der Waals surface area contributed by atoms with Gasteiger partial charge in [0, 0.05) is 39.3 Å². The van der Waals surface area contributed by atoms with Crippen LogP contribution in [0.2, 0.25) is 5.02 Å². The summed E-state index contributed by atoms with van der Waals surface area (Å²) in [4.78, 5) is 14.9. The number of benzene rings is 1. The number of anilines is 1. The number of nitro benzene ring substituents is 1. The Kier molecular flexibility index (Phi) is 5.33. The largest absolute Gasteiger partial charge is 0.378 e. The van der Waals surface area contributed by atoms with Crippen molar-refractivity contribution in [3.63, 3.8) is 0 Å². The molecule has 8 heteroatoms. The van der Waals surface area contributed by atoms with E-state index in [0.29, 0.717) is 6.54 Å². The van der Waals surface area contributed by atoms with Crippen LogP contribution < -0.4 is 5.32 Å². The van der Waals surface area contributed by atoms with E-state index in [2.05, 4.69) is 22.2 Å². The van der Waals surface area contributed by atoms with Crippen molar-refractivity contribution in [1.29, 1.82) is 0 Å². The zero-order valence-corrected chi connectivity index (χ0v) is 12.6. The third-order valence-corrected chi connectivity index (χ3v) is 3.86. The Morgan fingerprint density at radius 1 is 1.38 bits per heavy atom. The molecule has 0 unspecified atom stereocenters. The molecule has 0 amide bonds. The monoisotopic (exact) mass is 316 g/mol. The number of likely N-dealkylation sites (N-methyl/N-ethyl adjacent to an activating group) is 1. The lowest BCUT2D eigenvalue weighted by atomic mass is 10.2. The predicted octanol–water partition coefficient (Wildman–Crippen LogP) is 2.05. The van der Waals surface area contributed by atoms with Crippen molar-refractivity contribution in [1.82, 2.24) is 9.80 Å². The average molecular weight is 317 g/mol. The maximum Gasteiger partial charge on any atom is 0.295 e. The van der Waals surface area contributed by atoms with Crippen molar-refractivity contribution in [2.75, 3.05) is 51.6 Å². The molecule has 2 rings (SSSR count). The van der Waals surface area contributed by atoms with E-state index >= 15 is 0 Å². The molecule has 1 N–H and O–H groups in total. The van der Waals surface area contributed by atoms with Gasteiger partial charge in [0.15, 0.2) is 0 Å². The fourth-order valence-corrected chi connectivity index (χ4v) is 2.41. The van der Waals surface area contributed by atoms with Crippen LogP contribution in [0.4, 0.5) is 15.8 Å². The Morgan fingerprint density at radius 2 is 2.05 bits per heavy atom. The van der Waals surface area contributed by atoms with E-state index in [0.717, 1.165) is 38.8 Å². The van der Waals surface area contributed by atoms with Crippen LogP contribution in [0.25, 0.3) is 0 Å². The van der Waals surface area contributed by atoms with Crippen LogP contribution in [0, 0.1) is 15.9 Å². The number of piperazine rings is 1. The molecule has 1 fully saturated rings. The normalized spacial score (nSPS) is 16.9. The first-order valence-corrected chi connectivity index (χ1v) is 7.13. The molecule has 0 aliphatic carbocycles. The van der Waals surface area contributed by atoms with Gasteiger partial charge in [-0.2, -0.15) is 0 Å². The topological polar surface area (TPSA) is 61.6 Å². The van der Waals surface area contributed by atoms with E-state index in [1.807, 2.05) is 0 Å². The molecule has 21 heavy (non-hydrogen) atoms. The summed E-state index contributed by atoms with van der Waals surface area (Å²) in [5.41, 5.74) is -0.0456. The molecule has 0 aromatic heterocycles. The van der Waals surface area contributed by atoms with Crippen LogP contribution in [-0.4, -0.2) is 61.0 Å². The zero-order chi connectivity index (χ0) is 15.4. The van der Waals surface area contributed by atoms with Crippen molar-refractivity contribution in [3.05, 3.63) is 33.1 Å². The summed E-state index contributed by atoms with van der Waals surface area (Å²) in [6.45, 7) is 5.31. The second kappa shape index (κ2) is 7.02. The van der Waals surface area contributed by atoms with Crippen molar-refractivity contribution in [3.8, 4) is 0 Å². The van der Waals surface area contributed by atoms with E-state index in [1.165, 1.54) is 6.07 Å². The number of nitrogens with one attached hydrogen (secondary N) is 1. The Labute approximate surface area is 127 Å². The standard InChI is InChI=1S/C13H18ClFN4O2/c1-17-4-6-18(7-5-17)3-2-16-12-8-10(14)11(15)9-13(12)19(20)21/h8-9,16H,2-7H2,1H3. The highest BCUT2D eigenvalue weighted by atomic mass is 35.5. The van der Waals surface area contributed by atoms with E-state index in [9.17, 15) is 14.5 Å². The predicted molar refractivity (Wildman–Crippen MR) is 80.5 cm³/mol. The van der Waals surface area contributed by atoms with Crippen LogP contribution >= 0.6 is 11.6 Å². The van der Waals surface area contributed by atoms with Crippen molar-refractivity contribution in [2.24, 2.45) is 0 Å². The van der Waals surface area contributed by atoms with Gasteiger partial charge in [-0.25, -0.2) is 4.39 Å². The van der Waals surface area contributed by atoms with Crippen LogP contribution in [0.1, 0.15) is 0 Å². The molecule has 1 saturated heterocycles. The number of nitrogens with zero attached hydrogens (tertiary/aromatic N) is 3. The number of rotatable bonds is 5. The summed E-state index contributed by atoms with van der Waals surface area (Å²) in [7, 11) is 2.08. The van der Waals surface area contributed by atoms with Gasteiger partial charge in [0.1, 0.15) is 11.5 Å². The molecule has 0 saturated carbocycles. The molecule has 0 spiro atoms. The van der Waals surface area contributed by atoms with Gasteiger partial charge >= 0.3 is 0 Å². The highest BCUT2D eigenvalue weighted by molar-refractivity contribution is 6.31. The second-order valence-corrected chi connectivity index (χ2v) is 5.52. The summed E-state index contributed by atoms with van der Waals surface area (Å²) in [5.74, 6) is -0.784. The maximum atomic E-state index is 13.3. The number of halogens is 2. The van der Waals surface area contributed by atoms with E-state index in [4.69, 9.17) is 11.6 Å². The van der Waals surface area contributed by atoms with Crippen LogP contribution in [0.5, 0.6) is 0 Å². The molecular formula is C13H18ClFN4O2. The maximum absolute atomic E-state index is 13.3. The minimum absolute atomic E-state index is 0.123. The van der Waals surface area contributed by atoms with Gasteiger partial charge in [0.25, 0.3) is 5.69 Å². The van der Waals surface area contributed by atoms with Crippen molar-refractivity contribution in [2.45, 2.75) is 0 Å². The SMILES string of the molecule is CN1CCN(CCNc2cc(Cl)c(F)cc2[N+](=O)[O-])CC1.